The smallest absolute Gasteiger partial charge is 0.251 e. The number of hydrogen-bond donors (Lipinski definition) is 1. The predicted molar refractivity (Wildman–Crippen MR) is 103 cm³/mol. The van der Waals surface area contributed by atoms with Gasteiger partial charge in [-0.05, 0) is 49.8 Å². The van der Waals surface area contributed by atoms with Crippen LogP contribution in [-0.4, -0.2) is 39.8 Å². The molecular formula is C22H25N3O2. The third-order valence-corrected chi connectivity index (χ3v) is 5.77. The van der Waals surface area contributed by atoms with E-state index in [2.05, 4.69) is 27.3 Å². The van der Waals surface area contributed by atoms with Crippen LogP contribution in [0, 0.1) is 0 Å². The van der Waals surface area contributed by atoms with Crippen LogP contribution in [0.25, 0.3) is 0 Å². The number of fused-ring (bicyclic) bond motifs is 2. The molecule has 0 radical (unpaired) electrons. The van der Waals surface area contributed by atoms with Crippen LogP contribution in [0.3, 0.4) is 0 Å². The van der Waals surface area contributed by atoms with Gasteiger partial charge < -0.3 is 10.2 Å². The maximum Gasteiger partial charge on any atom is 0.251 e. The number of aromatic nitrogens is 1. The van der Waals surface area contributed by atoms with Crippen molar-refractivity contribution >= 4 is 11.8 Å². The maximum atomic E-state index is 12.8. The van der Waals surface area contributed by atoms with Crippen molar-refractivity contribution in [1.82, 2.24) is 15.2 Å². The van der Waals surface area contributed by atoms with E-state index in [9.17, 15) is 9.59 Å². The third-order valence-electron chi connectivity index (χ3n) is 5.77. The van der Waals surface area contributed by atoms with E-state index < -0.39 is 0 Å². The average molecular weight is 363 g/mol. The van der Waals surface area contributed by atoms with Gasteiger partial charge in [0.05, 0.1) is 0 Å². The van der Waals surface area contributed by atoms with Gasteiger partial charge in [0.2, 0.25) is 5.91 Å². The van der Waals surface area contributed by atoms with E-state index in [0.29, 0.717) is 12.0 Å². The molecule has 0 spiro atoms. The van der Waals surface area contributed by atoms with Crippen molar-refractivity contribution in [1.29, 1.82) is 0 Å². The molecule has 5 nitrogen and oxygen atoms in total. The number of rotatable bonds is 5. The minimum atomic E-state index is -0.0503. The molecule has 4 rings (SSSR count). The number of piperidine rings is 1. The summed E-state index contributed by atoms with van der Waals surface area (Å²) in [5.41, 5.74) is 1.84. The van der Waals surface area contributed by atoms with Gasteiger partial charge in [-0.3, -0.25) is 14.6 Å². The van der Waals surface area contributed by atoms with Crippen LogP contribution in [0.5, 0.6) is 0 Å². The maximum absolute atomic E-state index is 12.8. The van der Waals surface area contributed by atoms with Crippen molar-refractivity contribution in [3.05, 3.63) is 66.0 Å². The zero-order chi connectivity index (χ0) is 18.6. The van der Waals surface area contributed by atoms with Gasteiger partial charge in [-0.1, -0.05) is 30.3 Å². The first-order valence-electron chi connectivity index (χ1n) is 9.76. The summed E-state index contributed by atoms with van der Waals surface area (Å²) in [6, 6.07) is 14.3. The number of nitrogens with zero attached hydrogens (tertiary/aromatic N) is 2. The first kappa shape index (κ1) is 17.7. The Labute approximate surface area is 159 Å². The first-order valence-corrected chi connectivity index (χ1v) is 9.76. The van der Waals surface area contributed by atoms with E-state index in [0.717, 1.165) is 32.1 Å². The van der Waals surface area contributed by atoms with E-state index in [1.807, 2.05) is 18.2 Å². The van der Waals surface area contributed by atoms with Gasteiger partial charge in [0.1, 0.15) is 0 Å². The van der Waals surface area contributed by atoms with Gasteiger partial charge >= 0.3 is 0 Å². The molecule has 3 heterocycles. The fourth-order valence-corrected chi connectivity index (χ4v) is 4.50. The lowest BCUT2D eigenvalue weighted by Crippen LogP contribution is -2.52. The molecule has 2 fully saturated rings. The van der Waals surface area contributed by atoms with Crippen molar-refractivity contribution in [2.75, 3.05) is 0 Å². The van der Waals surface area contributed by atoms with Crippen molar-refractivity contribution in [3.8, 4) is 0 Å². The molecule has 1 N–H and O–H groups in total. The van der Waals surface area contributed by atoms with E-state index in [4.69, 9.17) is 0 Å². The quantitative estimate of drug-likeness (QED) is 0.888. The molecular weight excluding hydrogens is 338 g/mol. The molecule has 0 aliphatic carbocycles. The summed E-state index contributed by atoms with van der Waals surface area (Å²) in [4.78, 5) is 31.3. The molecule has 2 aromatic rings. The second kappa shape index (κ2) is 7.91. The van der Waals surface area contributed by atoms with E-state index in [1.54, 1.807) is 24.5 Å². The summed E-state index contributed by atoms with van der Waals surface area (Å²) >= 11 is 0. The molecule has 140 valence electrons. The monoisotopic (exact) mass is 363 g/mol. The standard InChI is InChI=1S/C22H25N3O2/c26-21(9-6-16-4-2-1-3-5-16)25-19-7-8-20(25)15-18(14-19)24-22(27)17-10-12-23-13-11-17/h1-5,10-13,18-20H,6-9,14-15H2,(H,24,27). The van der Waals surface area contributed by atoms with Gasteiger partial charge in [0.15, 0.2) is 0 Å². The summed E-state index contributed by atoms with van der Waals surface area (Å²) in [5.74, 6) is 0.205. The van der Waals surface area contributed by atoms with E-state index >= 15 is 0 Å². The Hall–Kier alpha value is -2.69. The Morgan fingerprint density at radius 3 is 2.33 bits per heavy atom. The van der Waals surface area contributed by atoms with Crippen molar-refractivity contribution in [2.45, 2.75) is 56.7 Å². The van der Waals surface area contributed by atoms with Gasteiger partial charge in [-0.2, -0.15) is 0 Å². The molecule has 2 aliphatic heterocycles. The predicted octanol–water partition coefficient (Wildman–Crippen LogP) is 2.97. The zero-order valence-electron chi connectivity index (χ0n) is 15.4. The SMILES string of the molecule is O=C(NC1CC2CCC(C1)N2C(=O)CCc1ccccc1)c1ccncc1. The van der Waals surface area contributed by atoms with Crippen LogP contribution in [0.2, 0.25) is 0 Å². The number of aryl methyl sites for hydroxylation is 1. The number of nitrogens with one attached hydrogen (secondary N) is 1. The van der Waals surface area contributed by atoms with Gasteiger partial charge in [0.25, 0.3) is 5.91 Å². The van der Waals surface area contributed by atoms with Crippen LogP contribution in [0.1, 0.15) is 48.0 Å². The lowest BCUT2D eigenvalue weighted by molar-refractivity contribution is -0.135. The normalized spacial score (nSPS) is 23.9. The highest BCUT2D eigenvalue weighted by molar-refractivity contribution is 5.94. The molecule has 2 amide bonds. The molecule has 2 aliphatic rings. The highest BCUT2D eigenvalue weighted by Gasteiger charge is 2.43. The fraction of sp³-hybridized carbons (Fsp3) is 0.409. The molecule has 1 aromatic carbocycles. The third kappa shape index (κ3) is 4.02. The van der Waals surface area contributed by atoms with Gasteiger partial charge in [-0.25, -0.2) is 0 Å². The Bertz CT molecular complexity index is 780. The second-order valence-electron chi connectivity index (χ2n) is 7.55. The van der Waals surface area contributed by atoms with Gasteiger partial charge in [0, 0.05) is 42.5 Å². The van der Waals surface area contributed by atoms with Crippen molar-refractivity contribution in [2.24, 2.45) is 0 Å². The van der Waals surface area contributed by atoms with Crippen molar-refractivity contribution in [3.63, 3.8) is 0 Å². The molecule has 2 saturated heterocycles. The number of benzene rings is 1. The number of hydrogen-bond acceptors (Lipinski definition) is 3. The number of pyridine rings is 1. The molecule has 2 atom stereocenters. The van der Waals surface area contributed by atoms with Crippen LogP contribution in [-0.2, 0) is 11.2 Å². The highest BCUT2D eigenvalue weighted by Crippen LogP contribution is 2.36. The minimum absolute atomic E-state index is 0.0503. The topological polar surface area (TPSA) is 62.3 Å². The Balaban J connectivity index is 1.33. The lowest BCUT2D eigenvalue weighted by Gasteiger charge is -2.39. The molecule has 2 unspecified atom stereocenters. The summed E-state index contributed by atoms with van der Waals surface area (Å²) in [5, 5.41) is 3.15. The molecule has 27 heavy (non-hydrogen) atoms. The number of carbonyl (C=O) groups excluding carboxylic acids is 2. The number of amides is 2. The Morgan fingerprint density at radius 1 is 1.00 bits per heavy atom. The largest absolute Gasteiger partial charge is 0.349 e. The first-order chi connectivity index (χ1) is 13.2. The van der Waals surface area contributed by atoms with E-state index in [1.165, 1.54) is 5.56 Å². The average Bonchev–Trinajstić information content (AvgIpc) is 2.98. The Morgan fingerprint density at radius 2 is 1.67 bits per heavy atom. The van der Waals surface area contributed by atoms with Crippen LogP contribution >= 0.6 is 0 Å². The van der Waals surface area contributed by atoms with Crippen molar-refractivity contribution < 1.29 is 9.59 Å². The summed E-state index contributed by atoms with van der Waals surface area (Å²) in [6.45, 7) is 0. The van der Waals surface area contributed by atoms with Crippen LogP contribution in [0.4, 0.5) is 0 Å². The molecule has 1 aromatic heterocycles. The second-order valence-corrected chi connectivity index (χ2v) is 7.55. The fourth-order valence-electron chi connectivity index (χ4n) is 4.50. The van der Waals surface area contributed by atoms with Crippen LogP contribution < -0.4 is 5.32 Å². The molecule has 2 bridgehead atoms. The molecule has 5 heteroatoms. The Kier molecular flexibility index (Phi) is 5.19. The van der Waals surface area contributed by atoms with E-state index in [-0.39, 0.29) is 29.9 Å². The van der Waals surface area contributed by atoms with Crippen LogP contribution in [0.15, 0.2) is 54.9 Å². The van der Waals surface area contributed by atoms with Gasteiger partial charge in [-0.15, -0.1) is 0 Å². The lowest BCUT2D eigenvalue weighted by atomic mass is 9.96. The summed E-state index contributed by atoms with van der Waals surface area (Å²) in [7, 11) is 0. The minimum Gasteiger partial charge on any atom is -0.349 e. The molecule has 0 saturated carbocycles. The summed E-state index contributed by atoms with van der Waals surface area (Å²) in [6.07, 6.45) is 8.41. The summed E-state index contributed by atoms with van der Waals surface area (Å²) < 4.78 is 0. The zero-order valence-corrected chi connectivity index (χ0v) is 15.4. The number of carbonyl (C=O) groups is 2. The highest BCUT2D eigenvalue weighted by atomic mass is 16.2.